The molecule has 2 N–H and O–H groups in total. The molecule has 1 saturated heterocycles. The van der Waals surface area contributed by atoms with Gasteiger partial charge in [-0.1, -0.05) is 23.5 Å². The highest BCUT2D eigenvalue weighted by molar-refractivity contribution is 7.22. The summed E-state index contributed by atoms with van der Waals surface area (Å²) in [4.78, 5) is 30.7. The minimum absolute atomic E-state index is 0.126. The van der Waals surface area contributed by atoms with E-state index in [-0.39, 0.29) is 11.8 Å². The van der Waals surface area contributed by atoms with Crippen LogP contribution in [0, 0.1) is 0 Å². The number of rotatable bonds is 5. The fourth-order valence-electron chi connectivity index (χ4n) is 3.26. The quantitative estimate of drug-likeness (QED) is 0.674. The molecular weight excluding hydrogens is 388 g/mol. The van der Waals surface area contributed by atoms with E-state index in [9.17, 15) is 9.59 Å². The van der Waals surface area contributed by atoms with Crippen LogP contribution in [-0.4, -0.2) is 48.0 Å². The van der Waals surface area contributed by atoms with Gasteiger partial charge in [0, 0.05) is 37.8 Å². The average molecular weight is 410 g/mol. The highest BCUT2D eigenvalue weighted by Gasteiger charge is 2.14. The van der Waals surface area contributed by atoms with Gasteiger partial charge in [-0.2, -0.15) is 0 Å². The second-order valence-electron chi connectivity index (χ2n) is 6.93. The maximum Gasteiger partial charge on any atom is 0.257 e. The van der Waals surface area contributed by atoms with E-state index in [0.717, 1.165) is 48.6 Å². The molecule has 1 aliphatic rings. The molecule has 0 radical (unpaired) electrons. The van der Waals surface area contributed by atoms with Gasteiger partial charge in [-0.3, -0.25) is 19.8 Å². The minimum Gasteiger partial charge on any atom is -0.379 e. The fraction of sp³-hybridized carbons (Fsp3) is 0.286. The Kier molecular flexibility index (Phi) is 5.84. The smallest absolute Gasteiger partial charge is 0.257 e. The number of amides is 2. The third-order valence-electron chi connectivity index (χ3n) is 4.63. The van der Waals surface area contributed by atoms with Gasteiger partial charge in [0.2, 0.25) is 5.91 Å². The number of aromatic nitrogens is 1. The molecule has 1 fully saturated rings. The lowest BCUT2D eigenvalue weighted by Crippen LogP contribution is -2.35. The van der Waals surface area contributed by atoms with Crippen molar-refractivity contribution in [2.24, 2.45) is 0 Å². The zero-order chi connectivity index (χ0) is 20.2. The molecule has 2 aromatic carbocycles. The number of hydrogen-bond donors (Lipinski definition) is 2. The van der Waals surface area contributed by atoms with Crippen molar-refractivity contribution < 1.29 is 14.3 Å². The van der Waals surface area contributed by atoms with E-state index in [1.807, 2.05) is 30.3 Å². The van der Waals surface area contributed by atoms with Crippen LogP contribution in [0.25, 0.3) is 10.2 Å². The van der Waals surface area contributed by atoms with E-state index >= 15 is 0 Å². The number of benzene rings is 2. The number of nitrogens with zero attached hydrogens (tertiary/aromatic N) is 2. The first kappa shape index (κ1) is 19.5. The van der Waals surface area contributed by atoms with Crippen LogP contribution < -0.4 is 10.6 Å². The summed E-state index contributed by atoms with van der Waals surface area (Å²) in [7, 11) is 0. The molecule has 0 bridgehead atoms. The van der Waals surface area contributed by atoms with Crippen molar-refractivity contribution in [3.05, 3.63) is 53.6 Å². The van der Waals surface area contributed by atoms with E-state index in [4.69, 9.17) is 4.74 Å². The van der Waals surface area contributed by atoms with Crippen molar-refractivity contribution in [2.75, 3.05) is 36.9 Å². The van der Waals surface area contributed by atoms with Crippen molar-refractivity contribution in [3.8, 4) is 0 Å². The number of nitrogens with one attached hydrogen (secondary N) is 2. The topological polar surface area (TPSA) is 83.6 Å². The molecule has 1 aliphatic heterocycles. The Balaban J connectivity index is 1.46. The number of fused-ring (bicyclic) bond motifs is 1. The largest absolute Gasteiger partial charge is 0.379 e. The van der Waals surface area contributed by atoms with Crippen molar-refractivity contribution in [1.29, 1.82) is 0 Å². The van der Waals surface area contributed by atoms with Crippen LogP contribution in [-0.2, 0) is 16.1 Å². The number of hydrogen-bond acceptors (Lipinski definition) is 6. The Labute approximate surface area is 172 Å². The molecular formula is C21H22N4O3S. The van der Waals surface area contributed by atoms with E-state index in [2.05, 4.69) is 20.5 Å². The van der Waals surface area contributed by atoms with Crippen LogP contribution in [0.15, 0.2) is 42.5 Å². The number of ether oxygens (including phenoxy) is 1. The Morgan fingerprint density at radius 3 is 2.76 bits per heavy atom. The van der Waals surface area contributed by atoms with Crippen LogP contribution in [0.2, 0.25) is 0 Å². The average Bonchev–Trinajstić information content (AvgIpc) is 3.10. The molecule has 3 aromatic rings. The first-order chi connectivity index (χ1) is 14.1. The molecule has 2 heterocycles. The van der Waals surface area contributed by atoms with Crippen molar-refractivity contribution >= 4 is 44.2 Å². The van der Waals surface area contributed by atoms with Crippen LogP contribution in [0.4, 0.5) is 10.8 Å². The Bertz CT molecular complexity index is 1040. The first-order valence-corrected chi connectivity index (χ1v) is 10.3. The molecule has 4 rings (SSSR count). The maximum absolute atomic E-state index is 12.7. The highest BCUT2D eigenvalue weighted by atomic mass is 32.1. The Morgan fingerprint density at radius 1 is 1.14 bits per heavy atom. The van der Waals surface area contributed by atoms with Gasteiger partial charge in [0.1, 0.15) is 0 Å². The maximum atomic E-state index is 12.7. The normalized spacial score (nSPS) is 14.7. The molecule has 0 unspecified atom stereocenters. The zero-order valence-electron chi connectivity index (χ0n) is 16.1. The summed E-state index contributed by atoms with van der Waals surface area (Å²) < 4.78 is 6.28. The molecule has 0 aliphatic carbocycles. The summed E-state index contributed by atoms with van der Waals surface area (Å²) in [5.74, 6) is -0.311. The van der Waals surface area contributed by atoms with Crippen LogP contribution >= 0.6 is 11.3 Å². The second-order valence-corrected chi connectivity index (χ2v) is 7.96. The molecule has 8 heteroatoms. The van der Waals surface area contributed by atoms with Gasteiger partial charge >= 0.3 is 0 Å². The van der Waals surface area contributed by atoms with Gasteiger partial charge in [-0.05, 0) is 35.9 Å². The van der Waals surface area contributed by atoms with Gasteiger partial charge in [-0.25, -0.2) is 4.98 Å². The number of carbonyl (C=O) groups excluding carboxylic acids is 2. The third-order valence-corrected chi connectivity index (χ3v) is 5.56. The standard InChI is InChI=1S/C21H22N4O3S/c1-14(26)22-17-5-6-18-19(12-17)29-21(23-18)24-20(27)16-4-2-3-15(11-16)13-25-7-9-28-10-8-25/h2-6,11-12H,7-10,13H2,1H3,(H,22,26)(H,23,24,27). The molecule has 29 heavy (non-hydrogen) atoms. The lowest BCUT2D eigenvalue weighted by Gasteiger charge is -2.26. The molecule has 2 amide bonds. The number of morpholine rings is 1. The third kappa shape index (κ3) is 4.97. The number of anilines is 2. The van der Waals surface area contributed by atoms with Crippen molar-refractivity contribution in [3.63, 3.8) is 0 Å². The van der Waals surface area contributed by atoms with E-state index in [0.29, 0.717) is 16.4 Å². The Morgan fingerprint density at radius 2 is 1.97 bits per heavy atom. The van der Waals surface area contributed by atoms with Gasteiger partial charge in [0.15, 0.2) is 5.13 Å². The minimum atomic E-state index is -0.185. The van der Waals surface area contributed by atoms with Gasteiger partial charge in [0.25, 0.3) is 5.91 Å². The zero-order valence-corrected chi connectivity index (χ0v) is 16.9. The second kappa shape index (κ2) is 8.69. The highest BCUT2D eigenvalue weighted by Crippen LogP contribution is 2.28. The van der Waals surface area contributed by atoms with E-state index in [1.165, 1.54) is 18.3 Å². The van der Waals surface area contributed by atoms with Crippen molar-refractivity contribution in [1.82, 2.24) is 9.88 Å². The van der Waals surface area contributed by atoms with Gasteiger partial charge in [-0.15, -0.1) is 0 Å². The van der Waals surface area contributed by atoms with E-state index in [1.54, 1.807) is 12.1 Å². The molecule has 1 aromatic heterocycles. The number of carbonyl (C=O) groups is 2. The summed E-state index contributed by atoms with van der Waals surface area (Å²) in [6, 6.07) is 13.1. The van der Waals surface area contributed by atoms with Gasteiger partial charge in [0.05, 0.1) is 23.4 Å². The predicted molar refractivity (Wildman–Crippen MR) is 114 cm³/mol. The monoisotopic (exact) mass is 410 g/mol. The number of thiazole rings is 1. The molecule has 7 nitrogen and oxygen atoms in total. The molecule has 0 saturated carbocycles. The van der Waals surface area contributed by atoms with Crippen LogP contribution in [0.1, 0.15) is 22.8 Å². The first-order valence-electron chi connectivity index (χ1n) is 9.45. The summed E-state index contributed by atoms with van der Waals surface area (Å²) >= 11 is 1.38. The van der Waals surface area contributed by atoms with Crippen molar-refractivity contribution in [2.45, 2.75) is 13.5 Å². The van der Waals surface area contributed by atoms with Crippen LogP contribution in [0.5, 0.6) is 0 Å². The lowest BCUT2D eigenvalue weighted by molar-refractivity contribution is -0.114. The SMILES string of the molecule is CC(=O)Nc1ccc2nc(NC(=O)c3cccc(CN4CCOCC4)c3)sc2c1. The fourth-order valence-corrected chi connectivity index (χ4v) is 4.16. The Hall–Kier alpha value is -2.81. The van der Waals surface area contributed by atoms with E-state index < -0.39 is 0 Å². The molecule has 0 atom stereocenters. The predicted octanol–water partition coefficient (Wildman–Crippen LogP) is 3.34. The molecule has 150 valence electrons. The molecule has 0 spiro atoms. The summed E-state index contributed by atoms with van der Waals surface area (Å²) in [6.45, 7) is 5.58. The summed E-state index contributed by atoms with van der Waals surface area (Å²) in [6.07, 6.45) is 0. The lowest BCUT2D eigenvalue weighted by atomic mass is 10.1. The summed E-state index contributed by atoms with van der Waals surface area (Å²) in [5.41, 5.74) is 3.19. The summed E-state index contributed by atoms with van der Waals surface area (Å²) in [5, 5.41) is 6.17. The van der Waals surface area contributed by atoms with Crippen LogP contribution in [0.3, 0.4) is 0 Å². The van der Waals surface area contributed by atoms with Gasteiger partial charge < -0.3 is 10.1 Å².